The smallest absolute Gasteiger partial charge is 0.223 e. The van der Waals surface area contributed by atoms with Crippen LogP contribution in [0.5, 0.6) is 11.5 Å². The zero-order chi connectivity index (χ0) is 16.9. The normalized spacial score (nSPS) is 21.8. The number of hydrogen-bond donors (Lipinski definition) is 0. The molecule has 1 unspecified atom stereocenters. The number of rotatable bonds is 5. The highest BCUT2D eigenvalue weighted by molar-refractivity contribution is 5.77. The van der Waals surface area contributed by atoms with Gasteiger partial charge in [-0.2, -0.15) is 0 Å². The third kappa shape index (κ3) is 3.68. The zero-order valence-corrected chi connectivity index (χ0v) is 14.9. The van der Waals surface area contributed by atoms with Crippen molar-refractivity contribution in [2.45, 2.75) is 57.4 Å². The molecule has 2 aliphatic rings. The minimum Gasteiger partial charge on any atom is -0.497 e. The molecule has 1 amide bonds. The van der Waals surface area contributed by atoms with Crippen molar-refractivity contribution in [3.63, 3.8) is 0 Å². The van der Waals surface area contributed by atoms with E-state index in [0.717, 1.165) is 42.9 Å². The molecule has 1 atom stereocenters. The van der Waals surface area contributed by atoms with E-state index in [0.29, 0.717) is 11.8 Å². The second-order valence-electron chi connectivity index (χ2n) is 7.06. The first kappa shape index (κ1) is 17.1. The van der Waals surface area contributed by atoms with Gasteiger partial charge in [-0.25, -0.2) is 0 Å². The first-order chi connectivity index (χ1) is 11.7. The topological polar surface area (TPSA) is 38.8 Å². The van der Waals surface area contributed by atoms with E-state index in [1.165, 1.54) is 32.1 Å². The quantitative estimate of drug-likeness (QED) is 0.806. The Morgan fingerprint density at radius 3 is 2.58 bits per heavy atom. The summed E-state index contributed by atoms with van der Waals surface area (Å²) in [4.78, 5) is 15.0. The van der Waals surface area contributed by atoms with Gasteiger partial charge in [0.1, 0.15) is 11.5 Å². The van der Waals surface area contributed by atoms with Gasteiger partial charge in [0.25, 0.3) is 0 Å². The molecule has 24 heavy (non-hydrogen) atoms. The van der Waals surface area contributed by atoms with Crippen LogP contribution in [0.3, 0.4) is 0 Å². The molecule has 0 radical (unpaired) electrons. The molecule has 132 valence electrons. The molecular formula is C20H29NO3. The maximum atomic E-state index is 12.9. The van der Waals surface area contributed by atoms with Gasteiger partial charge in [0, 0.05) is 24.6 Å². The fourth-order valence-electron chi connectivity index (χ4n) is 4.24. The van der Waals surface area contributed by atoms with Crippen molar-refractivity contribution in [3.8, 4) is 11.5 Å². The highest BCUT2D eigenvalue weighted by atomic mass is 16.5. The van der Waals surface area contributed by atoms with Crippen molar-refractivity contribution in [3.05, 3.63) is 23.8 Å². The summed E-state index contributed by atoms with van der Waals surface area (Å²) in [7, 11) is 3.34. The van der Waals surface area contributed by atoms with E-state index in [2.05, 4.69) is 11.0 Å². The van der Waals surface area contributed by atoms with Gasteiger partial charge >= 0.3 is 0 Å². The second kappa shape index (κ2) is 7.91. The summed E-state index contributed by atoms with van der Waals surface area (Å²) in [6.45, 7) is 0.866. The Bertz CT molecular complexity index is 566. The van der Waals surface area contributed by atoms with Crippen LogP contribution in [0.15, 0.2) is 18.2 Å². The number of hydrogen-bond acceptors (Lipinski definition) is 3. The van der Waals surface area contributed by atoms with Crippen molar-refractivity contribution >= 4 is 5.91 Å². The second-order valence-corrected chi connectivity index (χ2v) is 7.06. The molecule has 2 fully saturated rings. The van der Waals surface area contributed by atoms with Gasteiger partial charge in [-0.05, 0) is 43.7 Å². The molecule has 1 saturated heterocycles. The largest absolute Gasteiger partial charge is 0.497 e. The third-order valence-corrected chi connectivity index (χ3v) is 5.56. The van der Waals surface area contributed by atoms with Crippen LogP contribution in [0.4, 0.5) is 0 Å². The Balaban J connectivity index is 1.74. The number of carbonyl (C=O) groups excluding carboxylic acids is 1. The number of likely N-dealkylation sites (tertiary alicyclic amines) is 1. The maximum absolute atomic E-state index is 12.9. The van der Waals surface area contributed by atoms with Crippen LogP contribution in [0.1, 0.15) is 63.0 Å². The molecule has 4 nitrogen and oxygen atoms in total. The van der Waals surface area contributed by atoms with Crippen LogP contribution in [-0.2, 0) is 4.79 Å². The van der Waals surface area contributed by atoms with E-state index < -0.39 is 0 Å². The number of carbonyl (C=O) groups is 1. The molecule has 4 heteroatoms. The monoisotopic (exact) mass is 331 g/mol. The Kier molecular flexibility index (Phi) is 5.64. The van der Waals surface area contributed by atoms with Crippen molar-refractivity contribution in [1.29, 1.82) is 0 Å². The minimum atomic E-state index is 0.141. The maximum Gasteiger partial charge on any atom is 0.223 e. The average molecular weight is 331 g/mol. The van der Waals surface area contributed by atoms with Crippen molar-refractivity contribution in [1.82, 2.24) is 4.90 Å². The summed E-state index contributed by atoms with van der Waals surface area (Å²) in [5.41, 5.74) is 1.10. The molecule has 0 bridgehead atoms. The molecule has 0 spiro atoms. The lowest BCUT2D eigenvalue weighted by atomic mass is 9.86. The first-order valence-corrected chi connectivity index (χ1v) is 9.24. The molecular weight excluding hydrogens is 302 g/mol. The first-order valence-electron chi connectivity index (χ1n) is 9.24. The highest BCUT2D eigenvalue weighted by Crippen LogP contribution is 2.39. The van der Waals surface area contributed by atoms with Gasteiger partial charge in [0.15, 0.2) is 0 Å². The van der Waals surface area contributed by atoms with Crippen LogP contribution < -0.4 is 9.47 Å². The van der Waals surface area contributed by atoms with E-state index in [1.54, 1.807) is 14.2 Å². The number of ether oxygens (including phenoxy) is 2. The van der Waals surface area contributed by atoms with Crippen molar-refractivity contribution in [2.75, 3.05) is 20.8 Å². The van der Waals surface area contributed by atoms with Gasteiger partial charge in [-0.15, -0.1) is 0 Å². The fraction of sp³-hybridized carbons (Fsp3) is 0.650. The molecule has 0 N–H and O–H groups in total. The molecule has 1 saturated carbocycles. The zero-order valence-electron chi connectivity index (χ0n) is 14.9. The van der Waals surface area contributed by atoms with E-state index in [1.807, 2.05) is 12.1 Å². The van der Waals surface area contributed by atoms with Gasteiger partial charge in [-0.1, -0.05) is 19.3 Å². The van der Waals surface area contributed by atoms with Crippen LogP contribution in [-0.4, -0.2) is 31.6 Å². The Morgan fingerprint density at radius 1 is 1.08 bits per heavy atom. The van der Waals surface area contributed by atoms with E-state index in [-0.39, 0.29) is 6.04 Å². The van der Waals surface area contributed by atoms with Gasteiger partial charge in [0.2, 0.25) is 5.91 Å². The summed E-state index contributed by atoms with van der Waals surface area (Å²) in [6, 6.07) is 6.06. The summed E-state index contributed by atoms with van der Waals surface area (Å²) in [5, 5.41) is 0. The van der Waals surface area contributed by atoms with E-state index in [4.69, 9.17) is 9.47 Å². The van der Waals surface area contributed by atoms with Crippen LogP contribution >= 0.6 is 0 Å². The van der Waals surface area contributed by atoms with E-state index in [9.17, 15) is 4.79 Å². The van der Waals surface area contributed by atoms with E-state index >= 15 is 0 Å². The molecule has 0 aromatic heterocycles. The lowest BCUT2D eigenvalue weighted by molar-refractivity contribution is -0.133. The number of nitrogens with zero attached hydrogens (tertiary/aromatic N) is 1. The number of amides is 1. The Morgan fingerprint density at radius 2 is 1.88 bits per heavy atom. The fourth-order valence-corrected chi connectivity index (χ4v) is 4.24. The lowest BCUT2D eigenvalue weighted by Crippen LogP contribution is -2.32. The molecule has 1 aromatic carbocycles. The molecule has 1 aromatic rings. The third-order valence-electron chi connectivity index (χ3n) is 5.56. The summed E-state index contributed by atoms with van der Waals surface area (Å²) >= 11 is 0. The van der Waals surface area contributed by atoms with Gasteiger partial charge in [-0.3, -0.25) is 4.79 Å². The summed E-state index contributed by atoms with van der Waals surface area (Å²) < 4.78 is 10.8. The lowest BCUT2D eigenvalue weighted by Gasteiger charge is -2.29. The molecule has 3 rings (SSSR count). The molecule has 1 heterocycles. The standard InChI is InChI=1S/C20H29NO3/c1-23-16-10-11-17(19(14-16)24-2)18-9-6-12-21(18)20(22)13-15-7-4-3-5-8-15/h10-11,14-15,18H,3-9,12-13H2,1-2H3. The molecule has 1 aliphatic carbocycles. The van der Waals surface area contributed by atoms with Crippen molar-refractivity contribution < 1.29 is 14.3 Å². The van der Waals surface area contributed by atoms with Gasteiger partial charge < -0.3 is 14.4 Å². The average Bonchev–Trinajstić information content (AvgIpc) is 3.11. The van der Waals surface area contributed by atoms with Gasteiger partial charge in [0.05, 0.1) is 20.3 Å². The number of benzene rings is 1. The van der Waals surface area contributed by atoms with Crippen LogP contribution in [0.25, 0.3) is 0 Å². The summed E-state index contributed by atoms with van der Waals surface area (Å²) in [6.07, 6.45) is 9.14. The van der Waals surface area contributed by atoms with Crippen molar-refractivity contribution in [2.24, 2.45) is 5.92 Å². The predicted octanol–water partition coefficient (Wildman–Crippen LogP) is 4.34. The Labute approximate surface area is 145 Å². The SMILES string of the molecule is COc1ccc(C2CCCN2C(=O)CC2CCCCC2)c(OC)c1. The molecule has 1 aliphatic heterocycles. The number of methoxy groups -OCH3 is 2. The minimum absolute atomic E-state index is 0.141. The Hall–Kier alpha value is -1.71. The predicted molar refractivity (Wildman–Crippen MR) is 94.4 cm³/mol. The summed E-state index contributed by atoms with van der Waals surface area (Å²) in [5.74, 6) is 2.51. The van der Waals surface area contributed by atoms with Crippen LogP contribution in [0.2, 0.25) is 0 Å². The van der Waals surface area contributed by atoms with Crippen LogP contribution in [0, 0.1) is 5.92 Å². The highest BCUT2D eigenvalue weighted by Gasteiger charge is 2.33.